The van der Waals surface area contributed by atoms with Crippen LogP contribution in [-0.4, -0.2) is 34.2 Å². The Labute approximate surface area is 159 Å². The number of hydrogen-bond donors (Lipinski definition) is 2. The molecular formula is C19H18INO4. The number of aliphatic carboxylic acids is 1. The van der Waals surface area contributed by atoms with E-state index in [0.29, 0.717) is 4.43 Å². The number of nitrogens with one attached hydrogen (secondary N) is 1. The first-order chi connectivity index (χ1) is 12.1. The van der Waals surface area contributed by atoms with E-state index in [2.05, 4.69) is 29.6 Å². The smallest absolute Gasteiger partial charge is 0.407 e. The summed E-state index contributed by atoms with van der Waals surface area (Å²) >= 11 is 2.05. The summed E-state index contributed by atoms with van der Waals surface area (Å²) in [4.78, 5) is 22.8. The quantitative estimate of drug-likeness (QED) is 0.518. The van der Waals surface area contributed by atoms with Gasteiger partial charge in [-0.1, -0.05) is 71.1 Å². The van der Waals surface area contributed by atoms with Gasteiger partial charge in [0.2, 0.25) is 0 Å². The van der Waals surface area contributed by atoms with E-state index in [1.54, 1.807) is 0 Å². The van der Waals surface area contributed by atoms with E-state index in [9.17, 15) is 9.59 Å². The molecule has 2 aromatic rings. The number of carboxylic acid groups (broad SMARTS) is 1. The van der Waals surface area contributed by atoms with Crippen molar-refractivity contribution in [3.63, 3.8) is 0 Å². The summed E-state index contributed by atoms with van der Waals surface area (Å²) in [6, 6.07) is 15.8. The lowest BCUT2D eigenvalue weighted by Gasteiger charge is -2.17. The van der Waals surface area contributed by atoms with Gasteiger partial charge in [0.1, 0.15) is 6.61 Å². The van der Waals surface area contributed by atoms with Crippen LogP contribution in [0.4, 0.5) is 4.79 Å². The molecule has 6 heteroatoms. The monoisotopic (exact) mass is 451 g/mol. The number of benzene rings is 2. The molecule has 0 fully saturated rings. The Morgan fingerprint density at radius 2 is 1.64 bits per heavy atom. The molecule has 0 saturated carbocycles. The molecule has 1 unspecified atom stereocenters. The van der Waals surface area contributed by atoms with Crippen molar-refractivity contribution in [3.05, 3.63) is 59.7 Å². The maximum absolute atomic E-state index is 12.0. The zero-order valence-electron chi connectivity index (χ0n) is 13.4. The Bertz CT molecular complexity index is 747. The third-order valence-corrected chi connectivity index (χ3v) is 5.34. The van der Waals surface area contributed by atoms with Gasteiger partial charge in [-0.3, -0.25) is 4.79 Å². The van der Waals surface area contributed by atoms with Gasteiger partial charge in [0.05, 0.1) is 12.5 Å². The number of hydrogen-bond acceptors (Lipinski definition) is 3. The van der Waals surface area contributed by atoms with Gasteiger partial charge < -0.3 is 15.2 Å². The van der Waals surface area contributed by atoms with Gasteiger partial charge in [-0.25, -0.2) is 4.79 Å². The summed E-state index contributed by atoms with van der Waals surface area (Å²) in [5, 5.41) is 11.5. The first kappa shape index (κ1) is 17.7. The highest BCUT2D eigenvalue weighted by atomic mass is 127. The minimum absolute atomic E-state index is 0.00400. The summed E-state index contributed by atoms with van der Waals surface area (Å²) in [5.74, 6) is -0.948. The number of carbonyl (C=O) groups is 2. The topological polar surface area (TPSA) is 75.6 Å². The summed E-state index contributed by atoms with van der Waals surface area (Å²) in [5.41, 5.74) is 4.63. The molecule has 0 heterocycles. The molecule has 0 spiro atoms. The number of ether oxygens (including phenoxy) is 1. The van der Waals surface area contributed by atoms with Gasteiger partial charge in [0.25, 0.3) is 0 Å². The molecule has 0 aromatic heterocycles. The van der Waals surface area contributed by atoms with Crippen molar-refractivity contribution < 1.29 is 19.4 Å². The Morgan fingerprint density at radius 3 is 2.16 bits per heavy atom. The maximum Gasteiger partial charge on any atom is 0.407 e. The number of halogens is 1. The standard InChI is InChI=1S/C19H18INO4/c20-10-12(9-18(22)23)21-19(24)25-11-17-15-7-3-1-5-13(15)14-6-2-4-8-16(14)17/h1-8,12,17H,9-11H2,(H,21,24)(H,22,23). The normalized spacial score (nSPS) is 13.6. The Hall–Kier alpha value is -2.09. The second kappa shape index (κ2) is 7.86. The van der Waals surface area contributed by atoms with Crippen LogP contribution in [0.3, 0.4) is 0 Å². The highest BCUT2D eigenvalue weighted by molar-refractivity contribution is 14.1. The van der Waals surface area contributed by atoms with Crippen molar-refractivity contribution >= 4 is 34.7 Å². The van der Waals surface area contributed by atoms with Crippen molar-refractivity contribution in [2.45, 2.75) is 18.4 Å². The van der Waals surface area contributed by atoms with Crippen LogP contribution < -0.4 is 5.32 Å². The molecular weight excluding hydrogens is 433 g/mol. The zero-order valence-corrected chi connectivity index (χ0v) is 15.6. The Morgan fingerprint density at radius 1 is 1.08 bits per heavy atom. The van der Waals surface area contributed by atoms with E-state index in [0.717, 1.165) is 11.1 Å². The van der Waals surface area contributed by atoms with Crippen LogP contribution in [0.15, 0.2) is 48.5 Å². The van der Waals surface area contributed by atoms with Crippen LogP contribution >= 0.6 is 22.6 Å². The largest absolute Gasteiger partial charge is 0.481 e. The summed E-state index contributed by atoms with van der Waals surface area (Å²) in [7, 11) is 0. The van der Waals surface area contributed by atoms with Gasteiger partial charge in [-0.05, 0) is 22.3 Å². The van der Waals surface area contributed by atoms with Crippen molar-refractivity contribution in [1.29, 1.82) is 0 Å². The van der Waals surface area contributed by atoms with E-state index in [4.69, 9.17) is 9.84 Å². The number of alkyl carbamates (subject to hydrolysis) is 1. The fourth-order valence-electron chi connectivity index (χ4n) is 3.16. The number of carbonyl (C=O) groups excluding carboxylic acids is 1. The lowest BCUT2D eigenvalue weighted by atomic mass is 9.98. The van der Waals surface area contributed by atoms with Crippen LogP contribution in [-0.2, 0) is 9.53 Å². The molecule has 130 valence electrons. The molecule has 0 saturated heterocycles. The number of alkyl halides is 1. The lowest BCUT2D eigenvalue weighted by Crippen LogP contribution is -2.38. The maximum atomic E-state index is 12.0. The molecule has 25 heavy (non-hydrogen) atoms. The van der Waals surface area contributed by atoms with Crippen LogP contribution in [0.2, 0.25) is 0 Å². The number of amides is 1. The molecule has 0 bridgehead atoms. The second-order valence-electron chi connectivity index (χ2n) is 5.92. The van der Waals surface area contributed by atoms with Crippen LogP contribution in [0.1, 0.15) is 23.5 Å². The fourth-order valence-corrected chi connectivity index (χ4v) is 3.69. The number of rotatable bonds is 6. The third kappa shape index (κ3) is 3.95. The molecule has 1 aliphatic carbocycles. The van der Waals surface area contributed by atoms with E-state index >= 15 is 0 Å². The van der Waals surface area contributed by atoms with Gasteiger partial charge in [-0.15, -0.1) is 0 Å². The van der Waals surface area contributed by atoms with Crippen molar-refractivity contribution in [2.24, 2.45) is 0 Å². The van der Waals surface area contributed by atoms with Gasteiger partial charge >= 0.3 is 12.1 Å². The molecule has 3 rings (SSSR count). The number of fused-ring (bicyclic) bond motifs is 3. The minimum Gasteiger partial charge on any atom is -0.481 e. The van der Waals surface area contributed by atoms with Crippen molar-refractivity contribution in [3.8, 4) is 11.1 Å². The van der Waals surface area contributed by atoms with Crippen LogP contribution in [0, 0.1) is 0 Å². The van der Waals surface area contributed by atoms with Crippen LogP contribution in [0.25, 0.3) is 11.1 Å². The summed E-state index contributed by atoms with van der Waals surface area (Å²) in [6.07, 6.45) is -0.697. The lowest BCUT2D eigenvalue weighted by molar-refractivity contribution is -0.137. The second-order valence-corrected chi connectivity index (χ2v) is 6.80. The molecule has 1 aliphatic rings. The van der Waals surface area contributed by atoms with E-state index in [1.165, 1.54) is 11.1 Å². The van der Waals surface area contributed by atoms with Crippen LogP contribution in [0.5, 0.6) is 0 Å². The van der Waals surface area contributed by atoms with Crippen molar-refractivity contribution in [2.75, 3.05) is 11.0 Å². The molecule has 2 N–H and O–H groups in total. The highest BCUT2D eigenvalue weighted by Gasteiger charge is 2.29. The van der Waals surface area contributed by atoms with E-state index in [1.807, 2.05) is 46.9 Å². The average Bonchev–Trinajstić information content (AvgIpc) is 2.93. The molecule has 0 aliphatic heterocycles. The molecule has 2 aromatic carbocycles. The predicted octanol–water partition coefficient (Wildman–Crippen LogP) is 3.80. The predicted molar refractivity (Wildman–Crippen MR) is 103 cm³/mol. The summed E-state index contributed by atoms with van der Waals surface area (Å²) in [6.45, 7) is 0.223. The summed E-state index contributed by atoms with van der Waals surface area (Å²) < 4.78 is 5.92. The first-order valence-corrected chi connectivity index (χ1v) is 9.52. The van der Waals surface area contributed by atoms with Gasteiger partial charge in [-0.2, -0.15) is 0 Å². The van der Waals surface area contributed by atoms with E-state index < -0.39 is 18.1 Å². The van der Waals surface area contributed by atoms with Gasteiger partial charge in [0.15, 0.2) is 0 Å². The molecule has 1 amide bonds. The van der Waals surface area contributed by atoms with Crippen molar-refractivity contribution in [1.82, 2.24) is 5.32 Å². The molecule has 1 atom stereocenters. The SMILES string of the molecule is O=C(O)CC(CI)NC(=O)OCC1c2ccccc2-c2ccccc21. The fraction of sp³-hybridized carbons (Fsp3) is 0.263. The van der Waals surface area contributed by atoms with E-state index in [-0.39, 0.29) is 18.9 Å². The Balaban J connectivity index is 1.69. The highest BCUT2D eigenvalue weighted by Crippen LogP contribution is 2.44. The first-order valence-electron chi connectivity index (χ1n) is 7.99. The third-order valence-electron chi connectivity index (χ3n) is 4.27. The average molecular weight is 451 g/mol. The number of carboxylic acids is 1. The molecule has 5 nitrogen and oxygen atoms in total. The minimum atomic E-state index is -0.944. The van der Waals surface area contributed by atoms with Gasteiger partial charge in [0, 0.05) is 10.3 Å². The molecule has 0 radical (unpaired) electrons. The zero-order chi connectivity index (χ0) is 17.8. The Kier molecular flexibility index (Phi) is 5.57.